The van der Waals surface area contributed by atoms with Crippen LogP contribution in [0.15, 0.2) is 23.3 Å². The molecule has 14 heteroatoms. The van der Waals surface area contributed by atoms with Crippen LogP contribution in [0.5, 0.6) is 5.75 Å². The quantitative estimate of drug-likeness (QED) is 0.487. The average Bonchev–Trinajstić information content (AvgIpc) is 3.30. The minimum absolute atomic E-state index is 0.0383. The minimum atomic E-state index is -4.90. The smallest absolute Gasteiger partial charge is 0.417 e. The average molecular weight is 487 g/mol. The van der Waals surface area contributed by atoms with Gasteiger partial charge >= 0.3 is 6.18 Å². The van der Waals surface area contributed by atoms with Gasteiger partial charge in [-0.2, -0.15) is 22.7 Å². The van der Waals surface area contributed by atoms with Crippen molar-refractivity contribution in [2.45, 2.75) is 37.6 Å². The number of aromatic amines is 2. The maximum atomic E-state index is 14.4. The highest BCUT2D eigenvalue weighted by Crippen LogP contribution is 2.55. The van der Waals surface area contributed by atoms with Crippen molar-refractivity contribution in [1.29, 1.82) is 0 Å². The van der Waals surface area contributed by atoms with E-state index in [1.54, 1.807) is 0 Å². The molecule has 0 unspecified atom stereocenters. The molecular weight excluding hydrogens is 469 g/mol. The Bertz CT molecular complexity index is 1320. The predicted molar refractivity (Wildman–Crippen MR) is 107 cm³/mol. The van der Waals surface area contributed by atoms with E-state index in [4.69, 9.17) is 9.47 Å². The second kappa shape index (κ2) is 8.04. The lowest BCUT2D eigenvalue weighted by Crippen LogP contribution is -2.47. The third kappa shape index (κ3) is 3.48. The molecule has 3 heterocycles. The fourth-order valence-corrected chi connectivity index (χ4v) is 4.16. The number of methoxy groups -OCH3 is 1. The van der Waals surface area contributed by atoms with Crippen molar-refractivity contribution in [1.82, 2.24) is 20.2 Å². The molecule has 0 saturated carbocycles. The molecule has 3 N–H and O–H groups in total. The third-order valence-corrected chi connectivity index (χ3v) is 6.17. The van der Waals surface area contributed by atoms with Gasteiger partial charge in [-0.3, -0.25) is 14.7 Å². The summed E-state index contributed by atoms with van der Waals surface area (Å²) in [4.78, 5) is 31.2. The number of benzene rings is 1. The van der Waals surface area contributed by atoms with Gasteiger partial charge in [0.2, 0.25) is 5.82 Å². The number of carbonyl (C=O) groups is 1. The first-order valence-corrected chi connectivity index (χ1v) is 9.89. The van der Waals surface area contributed by atoms with Crippen molar-refractivity contribution in [3.8, 4) is 5.75 Å². The lowest BCUT2D eigenvalue weighted by atomic mass is 9.77. The largest absolute Gasteiger partial charge is 0.493 e. The summed E-state index contributed by atoms with van der Waals surface area (Å²) in [5.74, 6) is -7.41. The molecular formula is C20H18F5N5O4. The summed E-state index contributed by atoms with van der Waals surface area (Å²) >= 11 is 0. The maximum Gasteiger partial charge on any atom is 0.417 e. The van der Waals surface area contributed by atoms with Crippen LogP contribution in [0.2, 0.25) is 0 Å². The van der Waals surface area contributed by atoms with Crippen LogP contribution in [0.25, 0.3) is 11.0 Å². The lowest BCUT2D eigenvalue weighted by Gasteiger charge is -2.32. The molecule has 1 aliphatic heterocycles. The zero-order valence-corrected chi connectivity index (χ0v) is 17.9. The first kappa shape index (κ1) is 23.6. The molecule has 2 aromatic heterocycles. The fourth-order valence-electron chi connectivity index (χ4n) is 4.16. The SMILES string of the molecule is COc1c([C@H]2[C@H](C(=O)Nc3n[nH]c4c(=O)[nH]cnc34)O[C@@](C)(C(F)(F)F)[C@H]2C)ccc(F)c1F. The Hall–Kier alpha value is -3.55. The molecule has 34 heavy (non-hydrogen) atoms. The third-order valence-electron chi connectivity index (χ3n) is 6.17. The summed E-state index contributed by atoms with van der Waals surface area (Å²) in [6.07, 6.45) is -5.66. The molecule has 4 rings (SSSR count). The number of rotatable bonds is 4. The normalized spacial score (nSPS) is 25.0. The van der Waals surface area contributed by atoms with E-state index in [9.17, 15) is 31.5 Å². The number of amides is 1. The van der Waals surface area contributed by atoms with Crippen molar-refractivity contribution in [3.63, 3.8) is 0 Å². The maximum absolute atomic E-state index is 14.4. The molecule has 1 aliphatic rings. The van der Waals surface area contributed by atoms with Crippen molar-refractivity contribution in [2.24, 2.45) is 5.92 Å². The van der Waals surface area contributed by atoms with Crippen molar-refractivity contribution in [3.05, 3.63) is 46.0 Å². The van der Waals surface area contributed by atoms with Gasteiger partial charge in [0.25, 0.3) is 11.5 Å². The number of anilines is 1. The summed E-state index contributed by atoms with van der Waals surface area (Å²) in [6.45, 7) is 1.96. The van der Waals surface area contributed by atoms with Gasteiger partial charge < -0.3 is 19.8 Å². The van der Waals surface area contributed by atoms with Gasteiger partial charge in [0, 0.05) is 17.4 Å². The van der Waals surface area contributed by atoms with Crippen LogP contribution in [-0.2, 0) is 9.53 Å². The van der Waals surface area contributed by atoms with Crippen LogP contribution < -0.4 is 15.6 Å². The molecule has 0 aliphatic carbocycles. The number of hydrogen-bond acceptors (Lipinski definition) is 6. The van der Waals surface area contributed by atoms with Crippen molar-refractivity contribution in [2.75, 3.05) is 12.4 Å². The molecule has 1 amide bonds. The standard InChI is InChI=1S/C20H18F5N5O4/c1-7-10(8-4-5-9(21)11(22)14(8)33-3)15(34-19(7,2)20(23,24)25)18(32)28-16-12-13(29-30-16)17(31)27-6-26-12/h4-7,10,15H,1-3H3,(H,26,27,31)(H2,28,29,30,32)/t7-,10-,15+,19+/m0/s1. The number of ether oxygens (including phenoxy) is 2. The van der Waals surface area contributed by atoms with E-state index in [0.29, 0.717) is 0 Å². The van der Waals surface area contributed by atoms with E-state index >= 15 is 0 Å². The number of hydrogen-bond donors (Lipinski definition) is 3. The second-order valence-corrected chi connectivity index (χ2v) is 7.96. The molecule has 0 radical (unpaired) electrons. The lowest BCUT2D eigenvalue weighted by molar-refractivity contribution is -0.272. The zero-order valence-electron chi connectivity index (χ0n) is 17.9. The molecule has 1 aromatic carbocycles. The topological polar surface area (TPSA) is 122 Å². The summed E-state index contributed by atoms with van der Waals surface area (Å²) in [7, 11) is 1.03. The Labute approximate surface area is 187 Å². The summed E-state index contributed by atoms with van der Waals surface area (Å²) in [5.41, 5.74) is -3.68. The highest BCUT2D eigenvalue weighted by atomic mass is 19.4. The van der Waals surface area contributed by atoms with Crippen LogP contribution in [-0.4, -0.2) is 51.1 Å². The molecule has 1 fully saturated rings. The Morgan fingerprint density at radius 3 is 2.65 bits per heavy atom. The second-order valence-electron chi connectivity index (χ2n) is 7.96. The monoisotopic (exact) mass is 487 g/mol. The number of H-pyrrole nitrogens is 2. The van der Waals surface area contributed by atoms with E-state index in [2.05, 4.69) is 25.5 Å². The molecule has 3 aromatic rings. The van der Waals surface area contributed by atoms with Gasteiger partial charge in [0.15, 0.2) is 28.5 Å². The Balaban J connectivity index is 1.80. The summed E-state index contributed by atoms with van der Waals surface area (Å²) in [6, 6.07) is 1.78. The van der Waals surface area contributed by atoms with Gasteiger partial charge in [-0.15, -0.1) is 0 Å². The number of aromatic nitrogens is 4. The van der Waals surface area contributed by atoms with Crippen molar-refractivity contribution < 1.29 is 36.2 Å². The highest BCUT2D eigenvalue weighted by Gasteiger charge is 2.66. The Kier molecular flexibility index (Phi) is 5.58. The fraction of sp³-hybridized carbons (Fsp3) is 0.400. The van der Waals surface area contributed by atoms with Gasteiger partial charge in [-0.25, -0.2) is 9.37 Å². The van der Waals surface area contributed by atoms with Crippen LogP contribution in [0.3, 0.4) is 0 Å². The summed E-state index contributed by atoms with van der Waals surface area (Å²) in [5, 5.41) is 8.46. The number of carbonyl (C=O) groups excluding carboxylic acids is 1. The van der Waals surface area contributed by atoms with E-state index in [1.165, 1.54) is 6.92 Å². The van der Waals surface area contributed by atoms with E-state index in [0.717, 1.165) is 32.5 Å². The van der Waals surface area contributed by atoms with Gasteiger partial charge in [0.1, 0.15) is 11.6 Å². The van der Waals surface area contributed by atoms with Gasteiger partial charge in [-0.05, 0) is 13.0 Å². The van der Waals surface area contributed by atoms with E-state index in [-0.39, 0.29) is 22.4 Å². The van der Waals surface area contributed by atoms with E-state index in [1.807, 2.05) is 0 Å². The number of nitrogens with one attached hydrogen (secondary N) is 3. The number of nitrogens with zero attached hydrogens (tertiary/aromatic N) is 2. The molecule has 1 saturated heterocycles. The number of fused-ring (bicyclic) bond motifs is 1. The van der Waals surface area contributed by atoms with Crippen LogP contribution in [0.4, 0.5) is 27.8 Å². The molecule has 0 bridgehead atoms. The highest BCUT2D eigenvalue weighted by molar-refractivity contribution is 6.00. The molecule has 4 atom stereocenters. The first-order valence-electron chi connectivity index (χ1n) is 9.89. The van der Waals surface area contributed by atoms with Gasteiger partial charge in [0.05, 0.1) is 13.4 Å². The molecule has 0 spiro atoms. The number of alkyl halides is 3. The van der Waals surface area contributed by atoms with Crippen molar-refractivity contribution >= 4 is 22.8 Å². The Morgan fingerprint density at radius 1 is 1.29 bits per heavy atom. The molecule has 182 valence electrons. The Morgan fingerprint density at radius 2 is 2.00 bits per heavy atom. The molecule has 9 nitrogen and oxygen atoms in total. The van der Waals surface area contributed by atoms with Crippen LogP contribution in [0.1, 0.15) is 25.3 Å². The first-order chi connectivity index (χ1) is 15.9. The summed E-state index contributed by atoms with van der Waals surface area (Å²) < 4.78 is 80.3. The van der Waals surface area contributed by atoms with E-state index < -0.39 is 58.6 Å². The predicted octanol–water partition coefficient (Wildman–Crippen LogP) is 3.01. The zero-order chi connectivity index (χ0) is 25.0. The number of halogens is 5. The van der Waals surface area contributed by atoms with Crippen LogP contribution >= 0.6 is 0 Å². The van der Waals surface area contributed by atoms with Gasteiger partial charge in [-0.1, -0.05) is 13.0 Å². The minimum Gasteiger partial charge on any atom is -0.493 e. The van der Waals surface area contributed by atoms with Crippen LogP contribution in [0, 0.1) is 17.6 Å².